The summed E-state index contributed by atoms with van der Waals surface area (Å²) in [6.07, 6.45) is 0. The molecular formula is C11H18N2O2S. The lowest BCUT2D eigenvalue weighted by atomic mass is 9.93. The monoisotopic (exact) mass is 242 g/mol. The Bertz CT molecular complexity index is 361. The molecule has 1 rings (SSSR count). The van der Waals surface area contributed by atoms with Crippen LogP contribution in [-0.2, 0) is 11.3 Å². The van der Waals surface area contributed by atoms with Gasteiger partial charge in [0.1, 0.15) is 0 Å². The summed E-state index contributed by atoms with van der Waals surface area (Å²) in [4.78, 5) is 12.3. The maximum atomic E-state index is 11.1. The first-order valence-corrected chi connectivity index (χ1v) is 5.90. The molecule has 16 heavy (non-hydrogen) atoms. The number of nitrogens with two attached hydrogens (primary N) is 1. The quantitative estimate of drug-likeness (QED) is 0.791. The summed E-state index contributed by atoms with van der Waals surface area (Å²) in [6.45, 7) is 4.96. The Kier molecular flexibility index (Phi) is 4.32. The average Bonchev–Trinajstić information content (AvgIpc) is 2.65. The van der Waals surface area contributed by atoms with E-state index in [0.717, 1.165) is 11.6 Å². The Hall–Kier alpha value is -1.07. The van der Waals surface area contributed by atoms with Gasteiger partial charge < -0.3 is 15.8 Å². The predicted octanol–water partition coefficient (Wildman–Crippen LogP) is 1.36. The van der Waals surface area contributed by atoms with E-state index in [1.165, 1.54) is 4.88 Å². The zero-order chi connectivity index (χ0) is 12.2. The molecule has 90 valence electrons. The SMILES string of the molecule is COc1ccc(CNCC(C)(C)C(N)=O)s1. The molecule has 1 amide bonds. The molecule has 0 saturated heterocycles. The summed E-state index contributed by atoms with van der Waals surface area (Å²) in [7, 11) is 1.65. The minimum Gasteiger partial charge on any atom is -0.487 e. The second-order valence-corrected chi connectivity index (χ2v) is 5.41. The first-order valence-electron chi connectivity index (χ1n) is 5.09. The van der Waals surface area contributed by atoms with Gasteiger partial charge in [-0.2, -0.15) is 0 Å². The fourth-order valence-corrected chi connectivity index (χ4v) is 1.94. The van der Waals surface area contributed by atoms with Crippen molar-refractivity contribution < 1.29 is 9.53 Å². The lowest BCUT2D eigenvalue weighted by Gasteiger charge is -2.20. The molecule has 0 aliphatic heterocycles. The van der Waals surface area contributed by atoms with Crippen molar-refractivity contribution in [1.29, 1.82) is 0 Å². The van der Waals surface area contributed by atoms with Crippen molar-refractivity contribution in [2.45, 2.75) is 20.4 Å². The molecule has 3 N–H and O–H groups in total. The summed E-state index contributed by atoms with van der Waals surface area (Å²) in [6, 6.07) is 3.94. The molecule has 4 nitrogen and oxygen atoms in total. The van der Waals surface area contributed by atoms with E-state index < -0.39 is 5.41 Å². The zero-order valence-corrected chi connectivity index (χ0v) is 10.7. The summed E-state index contributed by atoms with van der Waals surface area (Å²) in [5.41, 5.74) is 4.77. The molecule has 0 aliphatic rings. The topological polar surface area (TPSA) is 64.3 Å². The number of methoxy groups -OCH3 is 1. The van der Waals surface area contributed by atoms with Crippen LogP contribution in [0.5, 0.6) is 5.06 Å². The third-order valence-corrected chi connectivity index (χ3v) is 3.42. The molecule has 0 atom stereocenters. The Morgan fingerprint density at radius 3 is 2.75 bits per heavy atom. The zero-order valence-electron chi connectivity index (χ0n) is 9.87. The van der Waals surface area contributed by atoms with Crippen molar-refractivity contribution >= 4 is 17.2 Å². The van der Waals surface area contributed by atoms with Crippen LogP contribution in [0, 0.1) is 5.41 Å². The average molecular weight is 242 g/mol. The molecule has 0 spiro atoms. The molecule has 0 unspecified atom stereocenters. The molecule has 1 heterocycles. The minimum absolute atomic E-state index is 0.288. The highest BCUT2D eigenvalue weighted by Gasteiger charge is 2.24. The summed E-state index contributed by atoms with van der Waals surface area (Å²) in [5.74, 6) is -0.288. The van der Waals surface area contributed by atoms with Gasteiger partial charge in [-0.05, 0) is 26.0 Å². The highest BCUT2D eigenvalue weighted by molar-refractivity contribution is 7.13. The second-order valence-electron chi connectivity index (χ2n) is 4.28. The Balaban J connectivity index is 2.38. The van der Waals surface area contributed by atoms with Gasteiger partial charge in [0.05, 0.1) is 12.5 Å². The van der Waals surface area contributed by atoms with Crippen molar-refractivity contribution in [2.75, 3.05) is 13.7 Å². The van der Waals surface area contributed by atoms with Crippen molar-refractivity contribution in [3.05, 3.63) is 17.0 Å². The maximum Gasteiger partial charge on any atom is 0.224 e. The third kappa shape index (κ3) is 3.50. The first-order chi connectivity index (χ1) is 7.45. The van der Waals surface area contributed by atoms with E-state index in [1.807, 2.05) is 26.0 Å². The molecular weight excluding hydrogens is 224 g/mol. The van der Waals surface area contributed by atoms with E-state index in [2.05, 4.69) is 5.32 Å². The number of hydrogen-bond donors (Lipinski definition) is 2. The fraction of sp³-hybridized carbons (Fsp3) is 0.545. The van der Waals surface area contributed by atoms with E-state index in [-0.39, 0.29) is 5.91 Å². The summed E-state index contributed by atoms with van der Waals surface area (Å²) >= 11 is 1.59. The molecule has 0 fully saturated rings. The smallest absolute Gasteiger partial charge is 0.224 e. The van der Waals surface area contributed by atoms with Gasteiger partial charge in [-0.1, -0.05) is 0 Å². The Morgan fingerprint density at radius 1 is 1.56 bits per heavy atom. The van der Waals surface area contributed by atoms with Crippen LogP contribution in [0.2, 0.25) is 0 Å². The van der Waals surface area contributed by atoms with Gasteiger partial charge in [-0.3, -0.25) is 4.79 Å². The lowest BCUT2D eigenvalue weighted by Crippen LogP contribution is -2.40. The largest absolute Gasteiger partial charge is 0.487 e. The maximum absolute atomic E-state index is 11.1. The van der Waals surface area contributed by atoms with Crippen LogP contribution in [0.3, 0.4) is 0 Å². The lowest BCUT2D eigenvalue weighted by molar-refractivity contribution is -0.125. The van der Waals surface area contributed by atoms with Gasteiger partial charge in [0.2, 0.25) is 5.91 Å². The van der Waals surface area contributed by atoms with Gasteiger partial charge in [-0.25, -0.2) is 0 Å². The summed E-state index contributed by atoms with van der Waals surface area (Å²) < 4.78 is 5.10. The molecule has 0 aliphatic carbocycles. The van der Waals surface area contributed by atoms with E-state index in [9.17, 15) is 4.79 Å². The number of hydrogen-bond acceptors (Lipinski definition) is 4. The van der Waals surface area contributed by atoms with Crippen molar-refractivity contribution in [3.63, 3.8) is 0 Å². The van der Waals surface area contributed by atoms with Gasteiger partial charge >= 0.3 is 0 Å². The van der Waals surface area contributed by atoms with Crippen LogP contribution < -0.4 is 15.8 Å². The van der Waals surface area contributed by atoms with Crippen LogP contribution in [0.4, 0.5) is 0 Å². The normalized spacial score (nSPS) is 11.4. The van der Waals surface area contributed by atoms with Crippen LogP contribution in [0.15, 0.2) is 12.1 Å². The molecule has 0 radical (unpaired) electrons. The van der Waals surface area contributed by atoms with Gasteiger partial charge in [0.25, 0.3) is 0 Å². The summed E-state index contributed by atoms with van der Waals surface area (Å²) in [5, 5.41) is 4.11. The highest BCUT2D eigenvalue weighted by atomic mass is 32.1. The minimum atomic E-state index is -0.513. The first kappa shape index (κ1) is 13.0. The van der Waals surface area contributed by atoms with Crippen LogP contribution >= 0.6 is 11.3 Å². The molecule has 0 saturated carbocycles. The number of carbonyl (C=O) groups is 1. The van der Waals surface area contributed by atoms with E-state index >= 15 is 0 Å². The number of thiophene rings is 1. The molecule has 0 aromatic carbocycles. The fourth-order valence-electron chi connectivity index (χ4n) is 1.15. The second kappa shape index (κ2) is 5.32. The number of nitrogens with one attached hydrogen (secondary N) is 1. The number of amides is 1. The molecule has 5 heteroatoms. The van der Waals surface area contributed by atoms with Crippen molar-refractivity contribution in [2.24, 2.45) is 11.1 Å². The van der Waals surface area contributed by atoms with Gasteiger partial charge in [0.15, 0.2) is 5.06 Å². The molecule has 0 bridgehead atoms. The van der Waals surface area contributed by atoms with E-state index in [4.69, 9.17) is 10.5 Å². The molecule has 1 aromatic rings. The third-order valence-electron chi connectivity index (χ3n) is 2.37. The van der Waals surface area contributed by atoms with E-state index in [0.29, 0.717) is 6.54 Å². The number of primary amides is 1. The van der Waals surface area contributed by atoms with Gasteiger partial charge in [-0.15, -0.1) is 11.3 Å². The molecule has 1 aromatic heterocycles. The van der Waals surface area contributed by atoms with Crippen LogP contribution in [0.1, 0.15) is 18.7 Å². The number of ether oxygens (including phenoxy) is 1. The Labute approximate surface area is 99.8 Å². The van der Waals surface area contributed by atoms with E-state index in [1.54, 1.807) is 18.4 Å². The van der Waals surface area contributed by atoms with Crippen molar-refractivity contribution in [3.8, 4) is 5.06 Å². The van der Waals surface area contributed by atoms with Crippen molar-refractivity contribution in [1.82, 2.24) is 5.32 Å². The standard InChI is InChI=1S/C11H18N2O2S/c1-11(2,10(12)14)7-13-6-8-4-5-9(15-3)16-8/h4-5,13H,6-7H2,1-3H3,(H2,12,14). The number of carbonyl (C=O) groups excluding carboxylic acids is 1. The predicted molar refractivity (Wildman–Crippen MR) is 65.6 cm³/mol. The van der Waals surface area contributed by atoms with Gasteiger partial charge in [0, 0.05) is 18.0 Å². The number of rotatable bonds is 6. The van der Waals surface area contributed by atoms with Crippen LogP contribution in [-0.4, -0.2) is 19.6 Å². The van der Waals surface area contributed by atoms with Crippen LogP contribution in [0.25, 0.3) is 0 Å². The highest BCUT2D eigenvalue weighted by Crippen LogP contribution is 2.23. The Morgan fingerprint density at radius 2 is 2.25 bits per heavy atom.